The summed E-state index contributed by atoms with van der Waals surface area (Å²) in [6, 6.07) is 9.20. The molecule has 0 aliphatic rings. The lowest BCUT2D eigenvalue weighted by Crippen LogP contribution is -2.44. The van der Waals surface area contributed by atoms with Gasteiger partial charge in [0.25, 0.3) is 0 Å². The zero-order chi connectivity index (χ0) is 16.5. The molecule has 2 N–H and O–H groups in total. The van der Waals surface area contributed by atoms with Crippen molar-refractivity contribution in [2.45, 2.75) is 20.3 Å². The fourth-order valence-electron chi connectivity index (χ4n) is 1.99. The fourth-order valence-corrected chi connectivity index (χ4v) is 1.99. The van der Waals surface area contributed by atoms with Gasteiger partial charge < -0.3 is 15.3 Å². The molecule has 0 unspecified atom stereocenters. The Kier molecular flexibility index (Phi) is 7.08. The highest BCUT2D eigenvalue weighted by Crippen LogP contribution is 2.01. The van der Waals surface area contributed by atoms with E-state index in [4.69, 9.17) is 5.11 Å². The van der Waals surface area contributed by atoms with Gasteiger partial charge in [-0.25, -0.2) is 0 Å². The highest BCUT2D eigenvalue weighted by Gasteiger charge is 2.18. The third kappa shape index (κ3) is 6.88. The van der Waals surface area contributed by atoms with Crippen molar-refractivity contribution in [1.82, 2.24) is 10.2 Å². The molecule has 0 radical (unpaired) electrons. The van der Waals surface area contributed by atoms with Gasteiger partial charge in [0, 0.05) is 6.54 Å². The molecule has 0 saturated carbocycles. The second-order valence-electron chi connectivity index (χ2n) is 5.50. The lowest BCUT2D eigenvalue weighted by Gasteiger charge is -2.22. The van der Waals surface area contributed by atoms with E-state index >= 15 is 0 Å². The van der Waals surface area contributed by atoms with Crippen molar-refractivity contribution in [3.63, 3.8) is 0 Å². The molecule has 6 nitrogen and oxygen atoms in total. The van der Waals surface area contributed by atoms with Gasteiger partial charge in [0.15, 0.2) is 0 Å². The Labute approximate surface area is 130 Å². The summed E-state index contributed by atoms with van der Waals surface area (Å²) in [6.45, 7) is 3.60. The van der Waals surface area contributed by atoms with E-state index in [0.29, 0.717) is 6.54 Å². The SMILES string of the molecule is CC(C)CN(CC(=O)O)C(=O)CNC(=O)Cc1ccccc1. The summed E-state index contributed by atoms with van der Waals surface area (Å²) in [6.07, 6.45) is 0.192. The molecular formula is C16H22N2O4. The molecule has 2 amide bonds. The summed E-state index contributed by atoms with van der Waals surface area (Å²) >= 11 is 0. The Balaban J connectivity index is 2.47. The molecule has 1 aromatic carbocycles. The first-order chi connectivity index (χ1) is 10.4. The number of benzene rings is 1. The number of aliphatic carboxylic acids is 1. The molecule has 0 aromatic heterocycles. The second-order valence-corrected chi connectivity index (χ2v) is 5.50. The maximum absolute atomic E-state index is 12.0. The van der Waals surface area contributed by atoms with Crippen molar-refractivity contribution in [2.75, 3.05) is 19.6 Å². The van der Waals surface area contributed by atoms with Gasteiger partial charge in [0.1, 0.15) is 6.54 Å². The number of rotatable bonds is 8. The summed E-state index contributed by atoms with van der Waals surface area (Å²) in [7, 11) is 0. The maximum atomic E-state index is 12.0. The molecule has 0 saturated heterocycles. The van der Waals surface area contributed by atoms with Crippen LogP contribution in [0.5, 0.6) is 0 Å². The number of carboxylic acid groups (broad SMARTS) is 1. The van der Waals surface area contributed by atoms with Gasteiger partial charge in [0.05, 0.1) is 13.0 Å². The fraction of sp³-hybridized carbons (Fsp3) is 0.438. The molecule has 0 aliphatic heterocycles. The van der Waals surface area contributed by atoms with Crippen LogP contribution in [0.2, 0.25) is 0 Å². The van der Waals surface area contributed by atoms with Gasteiger partial charge in [-0.2, -0.15) is 0 Å². The molecule has 0 atom stereocenters. The molecule has 22 heavy (non-hydrogen) atoms. The third-order valence-corrected chi connectivity index (χ3v) is 2.91. The van der Waals surface area contributed by atoms with Crippen molar-refractivity contribution in [1.29, 1.82) is 0 Å². The van der Waals surface area contributed by atoms with Crippen molar-refractivity contribution in [3.8, 4) is 0 Å². The zero-order valence-electron chi connectivity index (χ0n) is 12.9. The van der Waals surface area contributed by atoms with Crippen molar-refractivity contribution in [3.05, 3.63) is 35.9 Å². The number of hydrogen-bond acceptors (Lipinski definition) is 3. The van der Waals surface area contributed by atoms with Crippen LogP contribution in [0, 0.1) is 5.92 Å². The normalized spacial score (nSPS) is 10.3. The molecule has 0 fully saturated rings. The number of carbonyl (C=O) groups is 3. The van der Waals surface area contributed by atoms with Crippen LogP contribution in [0.3, 0.4) is 0 Å². The zero-order valence-corrected chi connectivity index (χ0v) is 12.9. The summed E-state index contributed by atoms with van der Waals surface area (Å²) in [4.78, 5) is 35.8. The lowest BCUT2D eigenvalue weighted by molar-refractivity contribution is -0.144. The molecule has 6 heteroatoms. The molecular weight excluding hydrogens is 284 g/mol. The summed E-state index contributed by atoms with van der Waals surface area (Å²) < 4.78 is 0. The number of carbonyl (C=O) groups excluding carboxylic acids is 2. The van der Waals surface area contributed by atoms with Crippen molar-refractivity contribution >= 4 is 17.8 Å². The van der Waals surface area contributed by atoms with E-state index in [-0.39, 0.29) is 31.3 Å². The smallest absolute Gasteiger partial charge is 0.323 e. The average Bonchev–Trinajstić information content (AvgIpc) is 2.44. The summed E-state index contributed by atoms with van der Waals surface area (Å²) in [5, 5.41) is 11.4. The number of nitrogens with zero attached hydrogens (tertiary/aromatic N) is 1. The number of carboxylic acids is 1. The van der Waals surface area contributed by atoms with Gasteiger partial charge in [-0.15, -0.1) is 0 Å². The van der Waals surface area contributed by atoms with E-state index in [1.54, 1.807) is 0 Å². The van der Waals surface area contributed by atoms with Gasteiger partial charge in [0.2, 0.25) is 11.8 Å². The second kappa shape index (κ2) is 8.81. The van der Waals surface area contributed by atoms with Crippen LogP contribution in [0.15, 0.2) is 30.3 Å². The van der Waals surface area contributed by atoms with Gasteiger partial charge in [-0.1, -0.05) is 44.2 Å². The third-order valence-electron chi connectivity index (χ3n) is 2.91. The Morgan fingerprint density at radius 3 is 2.36 bits per heavy atom. The predicted octanol–water partition coefficient (Wildman–Crippen LogP) is 0.915. The van der Waals surface area contributed by atoms with Crippen LogP contribution >= 0.6 is 0 Å². The maximum Gasteiger partial charge on any atom is 0.323 e. The minimum absolute atomic E-state index is 0.156. The van der Waals surface area contributed by atoms with E-state index in [1.807, 2.05) is 44.2 Å². The number of amides is 2. The Morgan fingerprint density at radius 1 is 1.18 bits per heavy atom. The van der Waals surface area contributed by atoms with Crippen LogP contribution < -0.4 is 5.32 Å². The molecule has 120 valence electrons. The van der Waals surface area contributed by atoms with E-state index in [9.17, 15) is 14.4 Å². The topological polar surface area (TPSA) is 86.7 Å². The minimum Gasteiger partial charge on any atom is -0.480 e. The standard InChI is InChI=1S/C16H22N2O4/c1-12(2)10-18(11-16(21)22)15(20)9-17-14(19)8-13-6-4-3-5-7-13/h3-7,12H,8-11H2,1-2H3,(H,17,19)(H,21,22). The predicted molar refractivity (Wildman–Crippen MR) is 82.2 cm³/mol. The number of nitrogens with one attached hydrogen (secondary N) is 1. The highest BCUT2D eigenvalue weighted by molar-refractivity contribution is 5.87. The van der Waals surface area contributed by atoms with Crippen LogP contribution in [-0.4, -0.2) is 47.4 Å². The van der Waals surface area contributed by atoms with Crippen LogP contribution in [0.1, 0.15) is 19.4 Å². The van der Waals surface area contributed by atoms with Gasteiger partial charge in [-0.05, 0) is 11.5 Å². The molecule has 0 spiro atoms. The summed E-state index contributed by atoms with van der Waals surface area (Å²) in [5.41, 5.74) is 0.858. The first-order valence-electron chi connectivity index (χ1n) is 7.18. The Bertz CT molecular complexity index is 514. The van der Waals surface area contributed by atoms with E-state index in [1.165, 1.54) is 4.90 Å². The molecule has 0 heterocycles. The van der Waals surface area contributed by atoms with E-state index in [2.05, 4.69) is 5.32 Å². The lowest BCUT2D eigenvalue weighted by atomic mass is 10.1. The largest absolute Gasteiger partial charge is 0.480 e. The number of hydrogen-bond donors (Lipinski definition) is 2. The van der Waals surface area contributed by atoms with Gasteiger partial charge >= 0.3 is 5.97 Å². The monoisotopic (exact) mass is 306 g/mol. The Hall–Kier alpha value is -2.37. The molecule has 0 aliphatic carbocycles. The molecule has 0 bridgehead atoms. The summed E-state index contributed by atoms with van der Waals surface area (Å²) in [5.74, 6) is -1.56. The Morgan fingerprint density at radius 2 is 1.82 bits per heavy atom. The first kappa shape index (κ1) is 17.7. The average molecular weight is 306 g/mol. The van der Waals surface area contributed by atoms with Crippen molar-refractivity contribution in [2.24, 2.45) is 5.92 Å². The van der Waals surface area contributed by atoms with Crippen LogP contribution in [0.25, 0.3) is 0 Å². The van der Waals surface area contributed by atoms with Gasteiger partial charge in [-0.3, -0.25) is 14.4 Å². The highest BCUT2D eigenvalue weighted by atomic mass is 16.4. The molecule has 1 rings (SSSR count). The quantitative estimate of drug-likeness (QED) is 0.747. The first-order valence-corrected chi connectivity index (χ1v) is 7.18. The van der Waals surface area contributed by atoms with Crippen molar-refractivity contribution < 1.29 is 19.5 Å². The van der Waals surface area contributed by atoms with Crippen LogP contribution in [0.4, 0.5) is 0 Å². The minimum atomic E-state index is -1.07. The molecule has 1 aromatic rings. The van der Waals surface area contributed by atoms with E-state index in [0.717, 1.165) is 5.56 Å². The van der Waals surface area contributed by atoms with E-state index < -0.39 is 11.9 Å². The van der Waals surface area contributed by atoms with Crippen LogP contribution in [-0.2, 0) is 20.8 Å².